The summed E-state index contributed by atoms with van der Waals surface area (Å²) >= 11 is 2.15. The molecule has 8 heteroatoms. The molecule has 0 aliphatic heterocycles. The number of halogens is 3. The molecule has 3 nitrogen and oxygen atoms in total. The summed E-state index contributed by atoms with van der Waals surface area (Å²) in [4.78, 5) is 16.9. The zero-order chi connectivity index (χ0) is 16.6. The third-order valence-corrected chi connectivity index (χ3v) is 5.10. The van der Waals surface area contributed by atoms with Crippen LogP contribution in [0.1, 0.15) is 26.2 Å². The Hall–Kier alpha value is -2.24. The van der Waals surface area contributed by atoms with Crippen LogP contribution in [-0.4, -0.2) is 10.8 Å². The molecule has 2 heterocycles. The van der Waals surface area contributed by atoms with Crippen LogP contribution in [0.25, 0.3) is 10.2 Å². The summed E-state index contributed by atoms with van der Waals surface area (Å²) in [5.74, 6) is -1.50. The van der Waals surface area contributed by atoms with Gasteiger partial charge in [0.05, 0.1) is 26.7 Å². The number of ketones is 1. The molecule has 2 aromatic heterocycles. The van der Waals surface area contributed by atoms with Crippen LogP contribution in [0.4, 0.5) is 13.2 Å². The van der Waals surface area contributed by atoms with Gasteiger partial charge in [0.25, 0.3) is 0 Å². The second-order valence-electron chi connectivity index (χ2n) is 4.64. The normalized spacial score (nSPS) is 13.0. The first-order valence-corrected chi connectivity index (χ1v) is 8.05. The van der Waals surface area contributed by atoms with E-state index in [2.05, 4.69) is 4.98 Å². The van der Waals surface area contributed by atoms with E-state index in [0.29, 0.717) is 15.1 Å². The lowest BCUT2D eigenvalue weighted by Gasteiger charge is -2.04. The number of rotatable bonds is 3. The van der Waals surface area contributed by atoms with E-state index in [0.717, 1.165) is 23.5 Å². The second kappa shape index (κ2) is 5.76. The molecule has 116 valence electrons. The molecule has 23 heavy (non-hydrogen) atoms. The van der Waals surface area contributed by atoms with Gasteiger partial charge in [-0.2, -0.15) is 18.4 Å². The first-order chi connectivity index (χ1) is 10.9. The number of carbonyl (C=O) groups excluding carboxylic acids is 1. The molecule has 0 aliphatic carbocycles. The SMILES string of the molecule is N#CC(C(=O)c1cccs1)c1nc2ccc(C(F)(F)F)cc2s1. The molecule has 0 spiro atoms. The average Bonchev–Trinajstić information content (AvgIpc) is 3.15. The minimum absolute atomic E-state index is 0.209. The second-order valence-corrected chi connectivity index (χ2v) is 6.65. The Morgan fingerprint density at radius 1 is 1.30 bits per heavy atom. The van der Waals surface area contributed by atoms with E-state index in [1.165, 1.54) is 17.4 Å². The van der Waals surface area contributed by atoms with Gasteiger partial charge in [-0.1, -0.05) is 6.07 Å². The fourth-order valence-corrected chi connectivity index (χ4v) is 3.78. The maximum Gasteiger partial charge on any atom is 0.416 e. The number of Topliss-reactive ketones (excluding diaryl/α,β-unsaturated/α-hetero) is 1. The maximum atomic E-state index is 12.7. The highest BCUT2D eigenvalue weighted by atomic mass is 32.1. The average molecular weight is 352 g/mol. The van der Waals surface area contributed by atoms with Crippen LogP contribution in [-0.2, 0) is 6.18 Å². The summed E-state index contributed by atoms with van der Waals surface area (Å²) in [7, 11) is 0. The maximum absolute atomic E-state index is 12.7. The number of hydrogen-bond donors (Lipinski definition) is 0. The Bertz CT molecular complexity index is 907. The predicted octanol–water partition coefficient (Wildman–Crippen LogP) is 4.87. The van der Waals surface area contributed by atoms with Gasteiger partial charge in [0, 0.05) is 0 Å². The molecule has 3 aromatic rings. The lowest BCUT2D eigenvalue weighted by molar-refractivity contribution is -0.137. The van der Waals surface area contributed by atoms with Crippen LogP contribution in [0.15, 0.2) is 35.7 Å². The van der Waals surface area contributed by atoms with Crippen LogP contribution in [0.3, 0.4) is 0 Å². The Labute approximate surface area is 136 Å². The van der Waals surface area contributed by atoms with Crippen molar-refractivity contribution in [1.29, 1.82) is 5.26 Å². The summed E-state index contributed by atoms with van der Waals surface area (Å²) in [5, 5.41) is 11.2. The Kier molecular flexibility index (Phi) is 3.92. The summed E-state index contributed by atoms with van der Waals surface area (Å²) < 4.78 is 38.5. The van der Waals surface area contributed by atoms with E-state index < -0.39 is 23.4 Å². The summed E-state index contributed by atoms with van der Waals surface area (Å²) in [6.45, 7) is 0. The van der Waals surface area contributed by atoms with Gasteiger partial charge in [-0.25, -0.2) is 4.98 Å². The molecular formula is C15H7F3N2OS2. The van der Waals surface area contributed by atoms with Crippen molar-refractivity contribution in [1.82, 2.24) is 4.98 Å². The number of nitrogens with zero attached hydrogens (tertiary/aromatic N) is 2. The van der Waals surface area contributed by atoms with Crippen LogP contribution >= 0.6 is 22.7 Å². The number of alkyl halides is 3. The lowest BCUT2D eigenvalue weighted by atomic mass is 10.1. The van der Waals surface area contributed by atoms with Crippen molar-refractivity contribution in [2.24, 2.45) is 0 Å². The van der Waals surface area contributed by atoms with Gasteiger partial charge < -0.3 is 0 Å². The highest BCUT2D eigenvalue weighted by molar-refractivity contribution is 7.19. The zero-order valence-electron chi connectivity index (χ0n) is 11.3. The van der Waals surface area contributed by atoms with Crippen molar-refractivity contribution in [3.63, 3.8) is 0 Å². The quantitative estimate of drug-likeness (QED) is 0.632. The molecule has 1 unspecified atom stereocenters. The summed E-state index contributed by atoms with van der Waals surface area (Å²) in [6.07, 6.45) is -4.44. The molecule has 1 atom stereocenters. The topological polar surface area (TPSA) is 53.8 Å². The van der Waals surface area contributed by atoms with E-state index in [1.807, 2.05) is 6.07 Å². The molecule has 0 amide bonds. The van der Waals surface area contributed by atoms with Crippen LogP contribution in [0.2, 0.25) is 0 Å². The van der Waals surface area contributed by atoms with Crippen molar-refractivity contribution in [2.45, 2.75) is 12.1 Å². The summed E-state index contributed by atoms with van der Waals surface area (Å²) in [6, 6.07) is 8.37. The number of carbonyl (C=O) groups is 1. The molecule has 1 aromatic carbocycles. The number of benzene rings is 1. The number of hydrogen-bond acceptors (Lipinski definition) is 5. The van der Waals surface area contributed by atoms with Crippen molar-refractivity contribution in [3.8, 4) is 6.07 Å². The van der Waals surface area contributed by atoms with Gasteiger partial charge >= 0.3 is 6.18 Å². The van der Waals surface area contributed by atoms with E-state index in [9.17, 15) is 23.2 Å². The van der Waals surface area contributed by atoms with Gasteiger partial charge in [-0.3, -0.25) is 4.79 Å². The zero-order valence-corrected chi connectivity index (χ0v) is 12.9. The predicted molar refractivity (Wildman–Crippen MR) is 81.6 cm³/mol. The van der Waals surface area contributed by atoms with Gasteiger partial charge in [-0.05, 0) is 29.6 Å². The monoisotopic (exact) mass is 352 g/mol. The fraction of sp³-hybridized carbons (Fsp3) is 0.133. The lowest BCUT2D eigenvalue weighted by Crippen LogP contribution is -2.09. The van der Waals surface area contributed by atoms with Crippen LogP contribution in [0.5, 0.6) is 0 Å². The van der Waals surface area contributed by atoms with Gasteiger partial charge in [0.15, 0.2) is 11.7 Å². The highest BCUT2D eigenvalue weighted by Crippen LogP contribution is 2.35. The fourth-order valence-electron chi connectivity index (χ4n) is 2.03. The third-order valence-electron chi connectivity index (χ3n) is 3.13. The molecule has 0 radical (unpaired) electrons. The Morgan fingerprint density at radius 3 is 2.70 bits per heavy atom. The number of thiazole rings is 1. The number of aromatic nitrogens is 1. The van der Waals surface area contributed by atoms with E-state index in [1.54, 1.807) is 17.5 Å². The van der Waals surface area contributed by atoms with Crippen LogP contribution < -0.4 is 0 Å². The minimum Gasteiger partial charge on any atom is -0.291 e. The van der Waals surface area contributed by atoms with E-state index in [-0.39, 0.29) is 5.01 Å². The minimum atomic E-state index is -4.44. The van der Waals surface area contributed by atoms with Gasteiger partial charge in [0.1, 0.15) is 5.01 Å². The molecule has 0 bridgehead atoms. The number of nitriles is 1. The number of fused-ring (bicyclic) bond motifs is 1. The Morgan fingerprint density at radius 2 is 2.09 bits per heavy atom. The first kappa shape index (κ1) is 15.6. The van der Waals surface area contributed by atoms with Crippen molar-refractivity contribution in [3.05, 3.63) is 51.2 Å². The standard InChI is InChI=1S/C15H7F3N2OS2/c16-15(17,18)8-3-4-10-12(6-8)23-14(20-10)9(7-19)13(21)11-2-1-5-22-11/h1-6,9H. The largest absolute Gasteiger partial charge is 0.416 e. The van der Waals surface area contributed by atoms with Gasteiger partial charge in [0.2, 0.25) is 0 Å². The highest BCUT2D eigenvalue weighted by Gasteiger charge is 2.31. The van der Waals surface area contributed by atoms with E-state index >= 15 is 0 Å². The van der Waals surface area contributed by atoms with E-state index in [4.69, 9.17) is 0 Å². The first-order valence-electron chi connectivity index (χ1n) is 6.35. The van der Waals surface area contributed by atoms with Crippen molar-refractivity contribution < 1.29 is 18.0 Å². The third kappa shape index (κ3) is 2.98. The molecule has 0 N–H and O–H groups in total. The molecule has 0 aliphatic rings. The van der Waals surface area contributed by atoms with Crippen molar-refractivity contribution >= 4 is 38.7 Å². The Balaban J connectivity index is 2.02. The molecule has 0 fully saturated rings. The number of thiophene rings is 1. The molecule has 0 saturated heterocycles. The van der Waals surface area contributed by atoms with Gasteiger partial charge in [-0.15, -0.1) is 22.7 Å². The molecule has 0 saturated carbocycles. The van der Waals surface area contributed by atoms with Crippen LogP contribution in [0, 0.1) is 11.3 Å². The molecular weight excluding hydrogens is 345 g/mol. The summed E-state index contributed by atoms with van der Waals surface area (Å²) in [5.41, 5.74) is -0.435. The van der Waals surface area contributed by atoms with Crippen molar-refractivity contribution in [2.75, 3.05) is 0 Å². The molecule has 3 rings (SSSR count). The smallest absolute Gasteiger partial charge is 0.291 e.